The molecule has 0 heterocycles. The first-order chi connectivity index (χ1) is 9.83. The van der Waals surface area contributed by atoms with E-state index < -0.39 is 0 Å². The van der Waals surface area contributed by atoms with Gasteiger partial charge in [-0.05, 0) is 36.8 Å². The summed E-state index contributed by atoms with van der Waals surface area (Å²) in [6.07, 6.45) is 7.66. The highest BCUT2D eigenvalue weighted by atomic mass is 28.2. The smallest absolute Gasteiger partial charge is 0.0551 e. The lowest BCUT2D eigenvalue weighted by molar-refractivity contribution is 0.286. The Hall–Kier alpha value is -0.643. The highest BCUT2D eigenvalue weighted by Crippen LogP contribution is 2.12. The lowest BCUT2D eigenvalue weighted by atomic mass is 9.99. The fraction of sp³-hybridized carbons (Fsp3) is 0.647. The summed E-state index contributed by atoms with van der Waals surface area (Å²) < 4.78 is 0. The first-order valence-electron chi connectivity index (χ1n) is 8.14. The van der Waals surface area contributed by atoms with Crippen LogP contribution in [0.25, 0.3) is 0 Å². The van der Waals surface area contributed by atoms with Gasteiger partial charge in [0, 0.05) is 13.2 Å². The molecule has 0 spiro atoms. The fourth-order valence-corrected chi connectivity index (χ4v) is 4.74. The molecule has 3 heteroatoms. The van der Waals surface area contributed by atoms with E-state index in [4.69, 9.17) is 10.2 Å². The van der Waals surface area contributed by atoms with E-state index in [2.05, 4.69) is 25.1 Å². The van der Waals surface area contributed by atoms with E-state index in [0.29, 0.717) is 0 Å². The van der Waals surface area contributed by atoms with E-state index >= 15 is 0 Å². The third kappa shape index (κ3) is 6.20. The molecule has 0 aromatic heterocycles. The van der Waals surface area contributed by atoms with Gasteiger partial charge in [-0.2, -0.15) is 0 Å². The lowest BCUT2D eigenvalue weighted by Crippen LogP contribution is -2.21. The molecule has 0 bridgehead atoms. The topological polar surface area (TPSA) is 40.5 Å². The van der Waals surface area contributed by atoms with Crippen LogP contribution in [0.4, 0.5) is 0 Å². The number of rotatable bonds is 11. The maximum Gasteiger partial charge on any atom is 0.0551 e. The summed E-state index contributed by atoms with van der Waals surface area (Å²) in [4.78, 5) is 0. The maximum absolute atomic E-state index is 9.10. The van der Waals surface area contributed by atoms with E-state index in [9.17, 15) is 0 Å². The first-order valence-corrected chi connectivity index (χ1v) is 9.85. The molecule has 20 heavy (non-hydrogen) atoms. The summed E-state index contributed by atoms with van der Waals surface area (Å²) in [6, 6.07) is 8.07. The highest BCUT2D eigenvalue weighted by Gasteiger charge is 2.08. The van der Waals surface area contributed by atoms with Crippen LogP contribution in [-0.4, -0.2) is 32.9 Å². The van der Waals surface area contributed by atoms with E-state index in [1.54, 1.807) is 5.19 Å². The van der Waals surface area contributed by atoms with Gasteiger partial charge in [-0.3, -0.25) is 0 Å². The average molecular weight is 295 g/mol. The predicted octanol–water partition coefficient (Wildman–Crippen LogP) is 1.94. The molecule has 0 saturated carbocycles. The van der Waals surface area contributed by atoms with Gasteiger partial charge in [0.1, 0.15) is 0 Å². The zero-order chi connectivity index (χ0) is 14.6. The van der Waals surface area contributed by atoms with Crippen molar-refractivity contribution in [3.8, 4) is 0 Å². The van der Waals surface area contributed by atoms with Crippen LogP contribution in [0.1, 0.15) is 50.2 Å². The molecule has 2 N–H and O–H groups in total. The van der Waals surface area contributed by atoms with Gasteiger partial charge >= 0.3 is 0 Å². The molecule has 0 aliphatic heterocycles. The summed E-state index contributed by atoms with van der Waals surface area (Å²) in [5.41, 5.74) is 2.88. The van der Waals surface area contributed by atoms with Crippen LogP contribution in [0.2, 0.25) is 6.04 Å². The van der Waals surface area contributed by atoms with E-state index in [1.807, 2.05) is 0 Å². The second-order valence-corrected chi connectivity index (χ2v) is 7.49. The Balaban J connectivity index is 2.73. The van der Waals surface area contributed by atoms with Crippen molar-refractivity contribution in [2.45, 2.75) is 57.9 Å². The molecule has 0 atom stereocenters. The molecule has 1 aromatic rings. The van der Waals surface area contributed by atoms with Gasteiger partial charge in [0.2, 0.25) is 0 Å². The minimum atomic E-state index is -0.177. The minimum Gasteiger partial charge on any atom is -0.396 e. The summed E-state index contributed by atoms with van der Waals surface area (Å²) in [5.74, 6) is 0. The number of hydrogen-bond donors (Lipinski definition) is 2. The van der Waals surface area contributed by atoms with Crippen LogP contribution in [0.3, 0.4) is 0 Å². The Morgan fingerprint density at radius 1 is 0.950 bits per heavy atom. The standard InChI is InChI=1S/C17H30O2Si/c1-2-3-4-14-20-17-11-5-8-15(9-6-12-18)16(17)10-7-13-19/h5,8,11,18-19H,2-4,6-7,9-10,12-14,20H2,1H3. The van der Waals surface area contributed by atoms with Crippen LogP contribution in [0.5, 0.6) is 0 Å². The molecule has 0 fully saturated rings. The molecule has 0 aliphatic rings. The molecule has 0 aliphatic carbocycles. The van der Waals surface area contributed by atoms with Crippen molar-refractivity contribution in [3.05, 3.63) is 29.3 Å². The van der Waals surface area contributed by atoms with Gasteiger partial charge < -0.3 is 10.2 Å². The van der Waals surface area contributed by atoms with Crippen molar-refractivity contribution in [2.24, 2.45) is 0 Å². The number of unbranched alkanes of at least 4 members (excludes halogenated alkanes) is 2. The normalized spacial score (nSPS) is 11.6. The molecule has 0 amide bonds. The second-order valence-electron chi connectivity index (χ2n) is 5.52. The third-order valence-corrected chi connectivity index (χ3v) is 5.91. The summed E-state index contributed by atoms with van der Waals surface area (Å²) >= 11 is 0. The first kappa shape index (κ1) is 17.4. The average Bonchev–Trinajstić information content (AvgIpc) is 2.48. The minimum absolute atomic E-state index is 0.177. The molecule has 114 valence electrons. The summed E-state index contributed by atoms with van der Waals surface area (Å²) in [6.45, 7) is 2.78. The zero-order valence-corrected chi connectivity index (χ0v) is 14.3. The van der Waals surface area contributed by atoms with Crippen molar-refractivity contribution in [1.82, 2.24) is 0 Å². The predicted molar refractivity (Wildman–Crippen MR) is 89.8 cm³/mol. The van der Waals surface area contributed by atoms with Crippen LogP contribution >= 0.6 is 0 Å². The third-order valence-electron chi connectivity index (χ3n) is 3.86. The van der Waals surface area contributed by atoms with Crippen LogP contribution < -0.4 is 5.19 Å². The molecule has 1 rings (SSSR count). The Morgan fingerprint density at radius 3 is 2.40 bits per heavy atom. The summed E-state index contributed by atoms with van der Waals surface area (Å²) in [5, 5.41) is 19.7. The Kier molecular flexibility index (Phi) is 9.63. The fourth-order valence-electron chi connectivity index (χ4n) is 2.74. The monoisotopic (exact) mass is 294 g/mol. The molecule has 0 radical (unpaired) electrons. The Labute approximate surface area is 126 Å². The number of benzene rings is 1. The Morgan fingerprint density at radius 2 is 1.70 bits per heavy atom. The van der Waals surface area contributed by atoms with Crippen molar-refractivity contribution in [2.75, 3.05) is 13.2 Å². The van der Waals surface area contributed by atoms with Crippen LogP contribution in [-0.2, 0) is 12.8 Å². The SMILES string of the molecule is CCCCC[SiH2]c1cccc(CCCO)c1CCCO. The highest BCUT2D eigenvalue weighted by molar-refractivity contribution is 6.54. The van der Waals surface area contributed by atoms with Crippen LogP contribution in [0, 0.1) is 0 Å². The quantitative estimate of drug-likeness (QED) is 0.484. The molecule has 2 nitrogen and oxygen atoms in total. The molecule has 0 saturated heterocycles. The van der Waals surface area contributed by atoms with Gasteiger partial charge in [-0.1, -0.05) is 55.6 Å². The van der Waals surface area contributed by atoms with Gasteiger partial charge in [0.25, 0.3) is 0 Å². The Bertz CT molecular complexity index is 366. The van der Waals surface area contributed by atoms with Gasteiger partial charge in [-0.25, -0.2) is 0 Å². The number of aliphatic hydroxyl groups excluding tert-OH is 2. The lowest BCUT2D eigenvalue weighted by Gasteiger charge is -2.14. The zero-order valence-electron chi connectivity index (χ0n) is 12.9. The van der Waals surface area contributed by atoms with Gasteiger partial charge in [0.15, 0.2) is 0 Å². The van der Waals surface area contributed by atoms with Crippen molar-refractivity contribution in [1.29, 1.82) is 0 Å². The molecular weight excluding hydrogens is 264 g/mol. The van der Waals surface area contributed by atoms with E-state index in [0.717, 1.165) is 25.7 Å². The largest absolute Gasteiger partial charge is 0.396 e. The van der Waals surface area contributed by atoms with Crippen molar-refractivity contribution < 1.29 is 10.2 Å². The summed E-state index contributed by atoms with van der Waals surface area (Å²) in [7, 11) is -0.177. The maximum atomic E-state index is 9.10. The molecule has 0 unspecified atom stereocenters. The number of hydrogen-bond acceptors (Lipinski definition) is 2. The van der Waals surface area contributed by atoms with Gasteiger partial charge in [0.05, 0.1) is 9.52 Å². The van der Waals surface area contributed by atoms with E-state index in [1.165, 1.54) is 36.4 Å². The van der Waals surface area contributed by atoms with Crippen LogP contribution in [0.15, 0.2) is 18.2 Å². The number of aryl methyl sites for hydroxylation is 1. The second kappa shape index (κ2) is 11.1. The van der Waals surface area contributed by atoms with Gasteiger partial charge in [-0.15, -0.1) is 0 Å². The van der Waals surface area contributed by atoms with E-state index in [-0.39, 0.29) is 22.7 Å². The molecular formula is C17H30O2Si. The molecule has 1 aromatic carbocycles. The number of aliphatic hydroxyl groups is 2. The van der Waals surface area contributed by atoms with Crippen molar-refractivity contribution >= 4 is 14.7 Å². The van der Waals surface area contributed by atoms with Crippen molar-refractivity contribution in [3.63, 3.8) is 0 Å².